The van der Waals surface area contributed by atoms with Crippen molar-refractivity contribution >= 4 is 17.2 Å². The molecule has 0 aliphatic carbocycles. The zero-order valence-corrected chi connectivity index (χ0v) is 13.2. The van der Waals surface area contributed by atoms with Crippen LogP contribution in [-0.4, -0.2) is 27.7 Å². The van der Waals surface area contributed by atoms with E-state index in [-0.39, 0.29) is 12.5 Å². The van der Waals surface area contributed by atoms with Crippen LogP contribution in [0.5, 0.6) is 0 Å². The van der Waals surface area contributed by atoms with Gasteiger partial charge in [0.1, 0.15) is 0 Å². The van der Waals surface area contributed by atoms with Gasteiger partial charge in [-0.25, -0.2) is 0 Å². The van der Waals surface area contributed by atoms with E-state index in [4.69, 9.17) is 4.52 Å². The third-order valence-electron chi connectivity index (χ3n) is 3.31. The second kappa shape index (κ2) is 6.72. The lowest BCUT2D eigenvalue weighted by atomic mass is 10.1. The molecule has 0 unspecified atom stereocenters. The highest BCUT2D eigenvalue weighted by Crippen LogP contribution is 2.22. The third kappa shape index (κ3) is 3.46. The molecule has 2 heterocycles. The van der Waals surface area contributed by atoms with Crippen molar-refractivity contribution in [2.45, 2.75) is 13.0 Å². The summed E-state index contributed by atoms with van der Waals surface area (Å²) in [6.07, 6.45) is -0.733. The second-order valence-electron chi connectivity index (χ2n) is 4.97. The number of amides is 1. The van der Waals surface area contributed by atoms with E-state index in [0.717, 1.165) is 5.56 Å². The fourth-order valence-corrected chi connectivity index (χ4v) is 2.85. The van der Waals surface area contributed by atoms with Crippen molar-refractivity contribution in [1.82, 2.24) is 15.5 Å². The van der Waals surface area contributed by atoms with Crippen LogP contribution in [0.4, 0.5) is 0 Å². The van der Waals surface area contributed by atoms with Gasteiger partial charge in [0.15, 0.2) is 5.82 Å². The molecule has 118 valence electrons. The highest BCUT2D eigenvalue weighted by Gasteiger charge is 2.17. The van der Waals surface area contributed by atoms with E-state index in [0.29, 0.717) is 22.8 Å². The number of nitrogens with one attached hydrogen (secondary N) is 1. The van der Waals surface area contributed by atoms with Crippen LogP contribution in [0.1, 0.15) is 27.8 Å². The molecule has 2 aromatic heterocycles. The average molecular weight is 329 g/mol. The molecule has 0 spiro atoms. The van der Waals surface area contributed by atoms with Crippen LogP contribution in [0.15, 0.2) is 45.6 Å². The highest BCUT2D eigenvalue weighted by atomic mass is 32.1. The minimum Gasteiger partial charge on any atom is -0.387 e. The van der Waals surface area contributed by atoms with Gasteiger partial charge in [0, 0.05) is 6.54 Å². The molecule has 0 saturated carbocycles. The van der Waals surface area contributed by atoms with Gasteiger partial charge in [0.2, 0.25) is 0 Å². The van der Waals surface area contributed by atoms with Crippen LogP contribution in [-0.2, 0) is 0 Å². The Labute approximate surface area is 136 Å². The number of rotatable bonds is 5. The van der Waals surface area contributed by atoms with Crippen molar-refractivity contribution in [3.63, 3.8) is 0 Å². The Morgan fingerprint density at radius 1 is 1.39 bits per heavy atom. The Bertz CT molecular complexity index is 799. The number of carbonyl (C=O) groups is 1. The third-order valence-corrected chi connectivity index (χ3v) is 4.02. The molecule has 1 aromatic carbocycles. The summed E-state index contributed by atoms with van der Waals surface area (Å²) in [5, 5.41) is 20.3. The summed E-state index contributed by atoms with van der Waals surface area (Å²) in [4.78, 5) is 16.6. The Morgan fingerprint density at radius 2 is 2.22 bits per heavy atom. The maximum Gasteiger partial charge on any atom is 0.258 e. The van der Waals surface area contributed by atoms with Crippen LogP contribution in [0.3, 0.4) is 0 Å². The number of aliphatic hydroxyl groups excluding tert-OH is 1. The molecule has 2 N–H and O–H groups in total. The fourth-order valence-electron chi connectivity index (χ4n) is 2.14. The van der Waals surface area contributed by atoms with Crippen molar-refractivity contribution in [2.75, 3.05) is 6.54 Å². The first-order valence-corrected chi connectivity index (χ1v) is 7.97. The molecular weight excluding hydrogens is 314 g/mol. The van der Waals surface area contributed by atoms with Gasteiger partial charge >= 0.3 is 0 Å². The van der Waals surface area contributed by atoms with Gasteiger partial charge < -0.3 is 14.9 Å². The van der Waals surface area contributed by atoms with Crippen molar-refractivity contribution in [3.05, 3.63) is 58.0 Å². The maximum absolute atomic E-state index is 12.4. The standard InChI is InChI=1S/C16H15N3O3S/c1-10-18-16(22-19-10)13-5-3-2-4-12(13)15(21)17-8-14(20)11-6-7-23-9-11/h2-7,9,14,20H,8H2,1H3,(H,17,21)/t14-/m1/s1. The van der Waals surface area contributed by atoms with Crippen LogP contribution < -0.4 is 5.32 Å². The number of aromatic nitrogens is 2. The highest BCUT2D eigenvalue weighted by molar-refractivity contribution is 7.07. The number of benzene rings is 1. The van der Waals surface area contributed by atoms with Crippen molar-refractivity contribution in [1.29, 1.82) is 0 Å². The van der Waals surface area contributed by atoms with Crippen LogP contribution in [0.25, 0.3) is 11.5 Å². The Hall–Kier alpha value is -2.51. The monoisotopic (exact) mass is 329 g/mol. The first kappa shape index (κ1) is 15.4. The molecule has 1 amide bonds. The lowest BCUT2D eigenvalue weighted by molar-refractivity contribution is 0.0917. The first-order valence-electron chi connectivity index (χ1n) is 7.03. The summed E-state index contributed by atoms with van der Waals surface area (Å²) >= 11 is 1.50. The molecule has 3 rings (SSSR count). The Balaban J connectivity index is 1.75. The van der Waals surface area contributed by atoms with Gasteiger partial charge in [0.25, 0.3) is 11.8 Å². The molecular formula is C16H15N3O3S. The van der Waals surface area contributed by atoms with Crippen molar-refractivity contribution in [3.8, 4) is 11.5 Å². The van der Waals surface area contributed by atoms with E-state index in [1.165, 1.54) is 11.3 Å². The number of thiophene rings is 1. The van der Waals surface area contributed by atoms with E-state index < -0.39 is 6.10 Å². The second-order valence-corrected chi connectivity index (χ2v) is 5.75. The van der Waals surface area contributed by atoms with Crippen molar-refractivity contribution < 1.29 is 14.4 Å². The fraction of sp³-hybridized carbons (Fsp3) is 0.188. The number of aliphatic hydroxyl groups is 1. The largest absolute Gasteiger partial charge is 0.387 e. The number of carbonyl (C=O) groups excluding carboxylic acids is 1. The first-order chi connectivity index (χ1) is 11.1. The molecule has 0 bridgehead atoms. The number of nitrogens with zero attached hydrogens (tertiary/aromatic N) is 2. The minimum atomic E-state index is -0.733. The molecule has 0 fully saturated rings. The zero-order chi connectivity index (χ0) is 16.2. The number of hydrogen-bond donors (Lipinski definition) is 2. The molecule has 6 nitrogen and oxygen atoms in total. The molecule has 0 aliphatic heterocycles. The van der Waals surface area contributed by atoms with Gasteiger partial charge in [-0.05, 0) is 41.4 Å². The Morgan fingerprint density at radius 3 is 2.91 bits per heavy atom. The molecule has 3 aromatic rings. The lowest BCUT2D eigenvalue weighted by Gasteiger charge is -2.11. The molecule has 0 radical (unpaired) electrons. The van der Waals surface area contributed by atoms with E-state index in [1.807, 2.05) is 16.8 Å². The molecule has 0 aliphatic rings. The molecule has 23 heavy (non-hydrogen) atoms. The lowest BCUT2D eigenvalue weighted by Crippen LogP contribution is -2.28. The number of hydrogen-bond acceptors (Lipinski definition) is 6. The summed E-state index contributed by atoms with van der Waals surface area (Å²) in [7, 11) is 0. The smallest absolute Gasteiger partial charge is 0.258 e. The van der Waals surface area contributed by atoms with Gasteiger partial charge in [-0.3, -0.25) is 4.79 Å². The molecule has 0 saturated heterocycles. The average Bonchev–Trinajstić information content (AvgIpc) is 3.24. The normalized spacial score (nSPS) is 12.1. The van der Waals surface area contributed by atoms with Gasteiger partial charge in [0.05, 0.1) is 17.2 Å². The van der Waals surface area contributed by atoms with E-state index in [2.05, 4.69) is 15.5 Å². The van der Waals surface area contributed by atoms with E-state index >= 15 is 0 Å². The summed E-state index contributed by atoms with van der Waals surface area (Å²) in [6.45, 7) is 1.85. The van der Waals surface area contributed by atoms with Crippen molar-refractivity contribution in [2.24, 2.45) is 0 Å². The predicted octanol–water partition coefficient (Wildman–Crippen LogP) is 2.57. The van der Waals surface area contributed by atoms with E-state index in [1.54, 1.807) is 31.2 Å². The topological polar surface area (TPSA) is 88.2 Å². The molecule has 1 atom stereocenters. The van der Waals surface area contributed by atoms with Crippen LogP contribution >= 0.6 is 11.3 Å². The van der Waals surface area contributed by atoms with Gasteiger partial charge in [-0.1, -0.05) is 17.3 Å². The number of aryl methyl sites for hydroxylation is 1. The minimum absolute atomic E-state index is 0.132. The zero-order valence-electron chi connectivity index (χ0n) is 12.4. The summed E-state index contributed by atoms with van der Waals surface area (Å²) in [6, 6.07) is 8.82. The Kier molecular flexibility index (Phi) is 4.50. The molecule has 7 heteroatoms. The summed E-state index contributed by atoms with van der Waals surface area (Å²) in [5.41, 5.74) is 1.78. The predicted molar refractivity (Wildman–Crippen MR) is 86.1 cm³/mol. The summed E-state index contributed by atoms with van der Waals surface area (Å²) in [5.74, 6) is 0.500. The van der Waals surface area contributed by atoms with Crippen LogP contribution in [0, 0.1) is 6.92 Å². The maximum atomic E-state index is 12.4. The van der Waals surface area contributed by atoms with Crippen LogP contribution in [0.2, 0.25) is 0 Å². The summed E-state index contributed by atoms with van der Waals surface area (Å²) < 4.78 is 5.14. The SMILES string of the molecule is Cc1noc(-c2ccccc2C(=O)NC[C@@H](O)c2ccsc2)n1. The van der Waals surface area contributed by atoms with E-state index in [9.17, 15) is 9.90 Å². The quantitative estimate of drug-likeness (QED) is 0.751. The van der Waals surface area contributed by atoms with Gasteiger partial charge in [-0.15, -0.1) is 0 Å². The van der Waals surface area contributed by atoms with Gasteiger partial charge in [-0.2, -0.15) is 16.3 Å².